The van der Waals surface area contributed by atoms with Crippen LogP contribution in [0.3, 0.4) is 0 Å². The zero-order valence-corrected chi connectivity index (χ0v) is 58.7. The van der Waals surface area contributed by atoms with E-state index in [1.165, 1.54) is 29.8 Å². The molecule has 7 amide bonds. The molecule has 28 nitrogen and oxygen atoms in total. The number of aliphatic imine (C=N–C) groups is 2. The summed E-state index contributed by atoms with van der Waals surface area (Å²) in [5.74, 6) is -14.6. The van der Waals surface area contributed by atoms with E-state index in [4.69, 9.17) is 27.4 Å². The molecule has 19 N–H and O–H groups in total. The molecular weight excluding hydrogens is 1320 g/mol. The van der Waals surface area contributed by atoms with Gasteiger partial charge in [0.15, 0.2) is 29.3 Å². The number of carboxylic acids is 2. The average Bonchev–Trinajstić information content (AvgIpc) is 0.737. The highest BCUT2D eigenvalue weighted by Gasteiger charge is 2.37. The van der Waals surface area contributed by atoms with Gasteiger partial charge in [0.05, 0.1) is 11.7 Å². The van der Waals surface area contributed by atoms with Crippen molar-refractivity contribution in [1.82, 2.24) is 37.2 Å². The number of hydrogen-bond donors (Lipinski definition) is 15. The van der Waals surface area contributed by atoms with Crippen molar-refractivity contribution in [2.24, 2.45) is 44.8 Å². The molecule has 0 fully saturated rings. The second kappa shape index (κ2) is 39.6. The first kappa shape index (κ1) is 82.5. The Kier molecular flexibility index (Phi) is 32.7. The standard InChI is InChI=1S/C69H95F2N13O15S/c1-11-38(8)57(64(93)78-39(9)66(95)96)83-63(92)56(35(4)5)82-62(91)50(33-100-27-24-37(7)19-13-18-36(6)17-12-16-34(2)3)81-60(89)48(20-14-25-76-68(72)73)80-65(94)58(40(10)85)84-61(90)49(21-15-26-77-69(74)75)79-59(88)41-22-23-42(43(28-41)67(97)98)55-44-29-46(70)51(86)31-53(44)99-54-32-52(87)47(71)30-45(54)55/h16,18,22-24,28-32,35,38-40,48-50,56-58,85-86H,11-15,17,19-21,25-27,33H2,1-10H3,(H,78,93)(H,79,88)(H,80,94)(H,81,89)(H,82,91)(H,83,92)(H,84,90)(H,95,96)(H,97,98)(H4,72,73,76)(H4,74,75,77)/b36-18+,37-24+/t38-,39-,40+,48-,49-,50-,56-,57-,58-/m0/s1. The molecule has 546 valence electrons. The number of hydrogen-bond acceptors (Lipinski definition) is 16. The van der Waals surface area contributed by atoms with Gasteiger partial charge in [-0.2, -0.15) is 11.8 Å². The number of allylic oxidation sites excluding steroid dienone is 5. The molecule has 1 aliphatic carbocycles. The van der Waals surface area contributed by atoms with E-state index in [2.05, 4.69) is 80.1 Å². The van der Waals surface area contributed by atoms with Crippen molar-refractivity contribution in [3.05, 3.63) is 110 Å². The number of carbonyl (C=O) groups is 9. The van der Waals surface area contributed by atoms with Gasteiger partial charge in [0.25, 0.3) is 5.91 Å². The molecule has 0 unspecified atom stereocenters. The number of carbonyl (C=O) groups excluding carboxylic acids is 7. The number of phenolic OH excluding ortho intramolecular Hbond substituents is 1. The lowest BCUT2D eigenvalue weighted by molar-refractivity contribution is -0.142. The van der Waals surface area contributed by atoms with Gasteiger partial charge in [-0.25, -0.2) is 13.6 Å². The average molecular weight is 1420 g/mol. The Hall–Kier alpha value is -9.91. The Balaban J connectivity index is 1.71. The first-order chi connectivity index (χ1) is 47.0. The van der Waals surface area contributed by atoms with Crippen molar-refractivity contribution in [1.29, 1.82) is 0 Å². The molecule has 1 heterocycles. The summed E-state index contributed by atoms with van der Waals surface area (Å²) >= 11 is 1.26. The van der Waals surface area contributed by atoms with Crippen molar-refractivity contribution >= 4 is 87.9 Å². The summed E-state index contributed by atoms with van der Waals surface area (Å²) in [6, 6.07) is -3.94. The Morgan fingerprint density at radius 1 is 0.630 bits per heavy atom. The smallest absolute Gasteiger partial charge is 0.336 e. The molecule has 2 aromatic rings. The van der Waals surface area contributed by atoms with Crippen LogP contribution < -0.4 is 65.6 Å². The van der Waals surface area contributed by atoms with E-state index in [0.29, 0.717) is 12.2 Å². The van der Waals surface area contributed by atoms with E-state index >= 15 is 4.39 Å². The molecule has 0 bridgehead atoms. The summed E-state index contributed by atoms with van der Waals surface area (Å²) in [7, 11) is 0. The number of phenols is 1. The number of nitrogens with two attached hydrogens (primary N) is 4. The number of carboxylic acid groups (broad SMARTS) is 2. The lowest BCUT2D eigenvalue weighted by Crippen LogP contribution is -2.62. The van der Waals surface area contributed by atoms with E-state index in [1.54, 1.807) is 27.7 Å². The Labute approximate surface area is 582 Å². The van der Waals surface area contributed by atoms with E-state index in [1.807, 2.05) is 13.0 Å². The fraction of sp³-hybridized carbons (Fsp3) is 0.478. The van der Waals surface area contributed by atoms with E-state index in [0.717, 1.165) is 80.6 Å². The highest BCUT2D eigenvalue weighted by molar-refractivity contribution is 7.99. The van der Waals surface area contributed by atoms with Gasteiger partial charge in [-0.3, -0.25) is 53.1 Å². The quantitative estimate of drug-likeness (QED) is 0.00946. The van der Waals surface area contributed by atoms with Crippen LogP contribution in [0.4, 0.5) is 8.78 Å². The Morgan fingerprint density at radius 3 is 1.74 bits per heavy atom. The summed E-state index contributed by atoms with van der Waals surface area (Å²) in [5, 5.41) is 59.3. The third-order valence-corrected chi connectivity index (χ3v) is 17.2. The first-order valence-corrected chi connectivity index (χ1v) is 33.8. The Morgan fingerprint density at radius 2 is 1.17 bits per heavy atom. The minimum Gasteiger partial charge on any atom is -0.505 e. The number of nitrogens with one attached hydrogen (secondary N) is 7. The maximum atomic E-state index is 15.0. The number of guanidine groups is 2. The monoisotopic (exact) mass is 1420 g/mol. The number of aliphatic hydroxyl groups excluding tert-OH is 1. The molecule has 4 rings (SSSR count). The molecular formula is C69H95F2N13O15S. The SMILES string of the molecule is CC[C@H](C)[C@H](NC(=O)[C@@H](NC(=O)[C@H](CSC/C=C(\C)CC/C=C(\C)CCC=C(C)C)NC(=O)[C@H](CCCN=C(N)N)NC(=O)[C@@H](NC(=O)[C@H](CCCN=C(N)N)NC(=O)c1ccc(-c2c3cc(F)c(=O)cc-3oc3cc(O)c(F)cc23)c(C(=O)O)c1)[C@@H](C)O)C(C)C)C(=O)N[C@@H](C)C(=O)O. The van der Waals surface area contributed by atoms with Gasteiger partial charge >= 0.3 is 11.9 Å². The van der Waals surface area contributed by atoms with E-state index < -0.39 is 142 Å². The number of halogens is 2. The third kappa shape index (κ3) is 25.4. The molecule has 0 saturated heterocycles. The second-order valence-corrected chi connectivity index (χ2v) is 26.1. The third-order valence-electron chi connectivity index (χ3n) is 16.2. The van der Waals surface area contributed by atoms with Gasteiger partial charge in [0.2, 0.25) is 40.9 Å². The lowest BCUT2D eigenvalue weighted by Gasteiger charge is -2.30. The molecule has 0 spiro atoms. The number of fused-ring (bicyclic) bond motifs is 2. The number of aliphatic carboxylic acids is 1. The number of amides is 7. The van der Waals surface area contributed by atoms with Crippen molar-refractivity contribution in [2.45, 2.75) is 175 Å². The van der Waals surface area contributed by atoms with Crippen LogP contribution in [0.1, 0.15) is 148 Å². The molecule has 2 aliphatic rings. The van der Waals surface area contributed by atoms with Gasteiger partial charge in [-0.1, -0.05) is 75.1 Å². The van der Waals surface area contributed by atoms with Crippen LogP contribution in [0.2, 0.25) is 0 Å². The molecule has 100 heavy (non-hydrogen) atoms. The van der Waals surface area contributed by atoms with Crippen LogP contribution in [0.5, 0.6) is 5.75 Å². The highest BCUT2D eigenvalue weighted by Crippen LogP contribution is 2.43. The molecule has 0 radical (unpaired) electrons. The van der Waals surface area contributed by atoms with Crippen LogP contribution in [0.15, 0.2) is 96.6 Å². The largest absolute Gasteiger partial charge is 0.505 e. The number of benzene rings is 3. The van der Waals surface area contributed by atoms with Gasteiger partial charge < -0.3 is 85.0 Å². The molecule has 0 aromatic heterocycles. The number of aliphatic hydroxyl groups is 1. The second-order valence-electron chi connectivity index (χ2n) is 25.1. The number of aromatic carboxylic acids is 1. The fourth-order valence-electron chi connectivity index (χ4n) is 10.3. The Bertz CT molecular complexity index is 3790. The maximum absolute atomic E-state index is 15.0. The van der Waals surface area contributed by atoms with Crippen LogP contribution >= 0.6 is 11.8 Å². The summed E-state index contributed by atoms with van der Waals surface area (Å²) in [6.45, 7) is 17.1. The fourth-order valence-corrected chi connectivity index (χ4v) is 11.3. The summed E-state index contributed by atoms with van der Waals surface area (Å²) in [4.78, 5) is 145. The highest BCUT2D eigenvalue weighted by atomic mass is 32.2. The van der Waals surface area contributed by atoms with Gasteiger partial charge in [0, 0.05) is 58.8 Å². The van der Waals surface area contributed by atoms with Gasteiger partial charge in [-0.15, -0.1) is 0 Å². The van der Waals surface area contributed by atoms with Gasteiger partial charge in [0.1, 0.15) is 53.6 Å². The summed E-state index contributed by atoms with van der Waals surface area (Å²) in [5.41, 5.74) is 22.9. The predicted molar refractivity (Wildman–Crippen MR) is 378 cm³/mol. The molecule has 9 atom stereocenters. The van der Waals surface area contributed by atoms with Crippen molar-refractivity contribution in [3.8, 4) is 28.2 Å². The number of nitrogens with zero attached hydrogens (tertiary/aromatic N) is 2. The number of rotatable bonds is 39. The minimum atomic E-state index is -1.89. The van der Waals surface area contributed by atoms with E-state index in [9.17, 15) is 72.8 Å². The van der Waals surface area contributed by atoms with Crippen LogP contribution in [0.25, 0.3) is 33.4 Å². The van der Waals surface area contributed by atoms with Crippen LogP contribution in [0, 0.1) is 23.5 Å². The summed E-state index contributed by atoms with van der Waals surface area (Å²) < 4.78 is 35.7. The predicted octanol–water partition coefficient (Wildman–Crippen LogP) is 4.70. The lowest BCUT2D eigenvalue weighted by atomic mass is 9.89. The maximum Gasteiger partial charge on any atom is 0.336 e. The molecule has 2 aromatic carbocycles. The molecule has 1 aliphatic heterocycles. The molecule has 31 heteroatoms. The summed E-state index contributed by atoms with van der Waals surface area (Å²) in [6.07, 6.45) is 7.95. The van der Waals surface area contributed by atoms with Gasteiger partial charge in [-0.05, 0) is 135 Å². The normalized spacial score (nSPS) is 14.3. The van der Waals surface area contributed by atoms with Crippen molar-refractivity contribution in [2.75, 3.05) is 24.6 Å². The zero-order chi connectivity index (χ0) is 74.8. The van der Waals surface area contributed by atoms with E-state index in [-0.39, 0.29) is 95.4 Å². The topological polar surface area (TPSA) is 478 Å². The number of thioether (sulfide) groups is 1. The van der Waals surface area contributed by atoms with Crippen molar-refractivity contribution in [3.63, 3.8) is 0 Å². The minimum absolute atomic E-state index is 0.00398. The van der Waals surface area contributed by atoms with Crippen LogP contribution in [-0.4, -0.2) is 159 Å². The molecule has 0 saturated carbocycles. The number of aromatic hydroxyl groups is 1. The zero-order valence-electron chi connectivity index (χ0n) is 57.9. The van der Waals surface area contributed by atoms with Crippen molar-refractivity contribution < 1.29 is 76.8 Å². The van der Waals surface area contributed by atoms with Crippen LogP contribution in [-0.2, 0) is 33.6 Å². The first-order valence-electron chi connectivity index (χ1n) is 32.7.